The Bertz CT molecular complexity index is 775. The summed E-state index contributed by atoms with van der Waals surface area (Å²) in [6.45, 7) is 3.30. The van der Waals surface area contributed by atoms with Gasteiger partial charge in [-0.1, -0.05) is 18.2 Å². The van der Waals surface area contributed by atoms with E-state index in [1.54, 1.807) is 24.5 Å². The molecule has 5 heteroatoms. The van der Waals surface area contributed by atoms with Gasteiger partial charge in [-0.3, -0.25) is 4.98 Å². The summed E-state index contributed by atoms with van der Waals surface area (Å²) in [4.78, 5) is 15.4. The van der Waals surface area contributed by atoms with Crippen LogP contribution in [0.3, 0.4) is 0 Å². The molecule has 0 bridgehead atoms. The Labute approximate surface area is 141 Å². The Morgan fingerprint density at radius 2 is 1.79 bits per heavy atom. The van der Waals surface area contributed by atoms with E-state index in [0.717, 1.165) is 29.9 Å². The minimum Gasteiger partial charge on any atom is -0.336 e. The number of nitrogens with zero attached hydrogens (tertiary/aromatic N) is 4. The van der Waals surface area contributed by atoms with Crippen molar-refractivity contribution in [3.63, 3.8) is 0 Å². The number of aromatic nitrogens is 3. The standard InChI is InChI=1S/C19H19FN4/c1-15-9-12-22-19(23-15)24(13-10-18-4-2-3-11-21-18)14-16-5-7-17(20)8-6-16/h2-9,11-12H,10,13-14H2,1H3. The van der Waals surface area contributed by atoms with Crippen LogP contribution in [0.25, 0.3) is 0 Å². The van der Waals surface area contributed by atoms with Gasteiger partial charge in [0.1, 0.15) is 5.82 Å². The molecule has 3 rings (SSSR count). The number of hydrogen-bond donors (Lipinski definition) is 0. The van der Waals surface area contributed by atoms with Crippen LogP contribution in [0.5, 0.6) is 0 Å². The Balaban J connectivity index is 1.78. The first-order valence-corrected chi connectivity index (χ1v) is 7.90. The summed E-state index contributed by atoms with van der Waals surface area (Å²) in [5, 5.41) is 0. The van der Waals surface area contributed by atoms with E-state index in [2.05, 4.69) is 19.9 Å². The van der Waals surface area contributed by atoms with E-state index in [0.29, 0.717) is 12.5 Å². The van der Waals surface area contributed by atoms with Gasteiger partial charge in [0.05, 0.1) is 0 Å². The van der Waals surface area contributed by atoms with Crippen LogP contribution in [0.1, 0.15) is 17.0 Å². The van der Waals surface area contributed by atoms with E-state index in [1.807, 2.05) is 31.2 Å². The number of pyridine rings is 1. The number of anilines is 1. The fourth-order valence-corrected chi connectivity index (χ4v) is 2.44. The lowest BCUT2D eigenvalue weighted by molar-refractivity contribution is 0.626. The molecule has 0 aliphatic heterocycles. The normalized spacial score (nSPS) is 10.6. The van der Waals surface area contributed by atoms with Gasteiger partial charge >= 0.3 is 0 Å². The molecule has 0 spiro atoms. The molecule has 0 saturated carbocycles. The molecule has 0 aliphatic rings. The van der Waals surface area contributed by atoms with Crippen molar-refractivity contribution >= 4 is 5.95 Å². The van der Waals surface area contributed by atoms with Crippen molar-refractivity contribution in [2.75, 3.05) is 11.4 Å². The molecular weight excluding hydrogens is 303 g/mol. The number of hydrogen-bond acceptors (Lipinski definition) is 4. The third-order valence-corrected chi connectivity index (χ3v) is 3.72. The number of aryl methyl sites for hydroxylation is 1. The van der Waals surface area contributed by atoms with E-state index in [-0.39, 0.29) is 5.82 Å². The van der Waals surface area contributed by atoms with Crippen LogP contribution < -0.4 is 4.90 Å². The Hall–Kier alpha value is -2.82. The van der Waals surface area contributed by atoms with Gasteiger partial charge in [0, 0.05) is 43.3 Å². The van der Waals surface area contributed by atoms with Crippen LogP contribution >= 0.6 is 0 Å². The van der Waals surface area contributed by atoms with Crippen LogP contribution in [0.4, 0.5) is 10.3 Å². The molecule has 1 aromatic carbocycles. The van der Waals surface area contributed by atoms with E-state index in [9.17, 15) is 4.39 Å². The van der Waals surface area contributed by atoms with Gasteiger partial charge in [0.25, 0.3) is 0 Å². The van der Waals surface area contributed by atoms with Gasteiger partial charge in [-0.15, -0.1) is 0 Å². The molecule has 0 N–H and O–H groups in total. The lowest BCUT2D eigenvalue weighted by Crippen LogP contribution is -2.27. The van der Waals surface area contributed by atoms with E-state index in [1.165, 1.54) is 12.1 Å². The molecule has 0 radical (unpaired) electrons. The molecule has 0 aliphatic carbocycles. The molecule has 3 aromatic rings. The highest BCUT2D eigenvalue weighted by Crippen LogP contribution is 2.14. The molecule has 0 amide bonds. The maximum Gasteiger partial charge on any atom is 0.225 e. The second kappa shape index (κ2) is 7.64. The molecule has 0 fully saturated rings. The zero-order valence-electron chi connectivity index (χ0n) is 13.6. The third-order valence-electron chi connectivity index (χ3n) is 3.72. The molecular formula is C19H19FN4. The monoisotopic (exact) mass is 322 g/mol. The number of benzene rings is 1. The lowest BCUT2D eigenvalue weighted by Gasteiger charge is -2.23. The van der Waals surface area contributed by atoms with Crippen LogP contribution in [0, 0.1) is 12.7 Å². The van der Waals surface area contributed by atoms with E-state index in [4.69, 9.17) is 0 Å². The summed E-state index contributed by atoms with van der Waals surface area (Å²) in [7, 11) is 0. The van der Waals surface area contributed by atoms with Crippen molar-refractivity contribution < 1.29 is 4.39 Å². The van der Waals surface area contributed by atoms with Gasteiger partial charge in [-0.05, 0) is 42.8 Å². The minimum atomic E-state index is -0.231. The van der Waals surface area contributed by atoms with Crippen molar-refractivity contribution in [1.82, 2.24) is 15.0 Å². The first-order chi connectivity index (χ1) is 11.7. The summed E-state index contributed by atoms with van der Waals surface area (Å²) in [5.41, 5.74) is 2.96. The second-order valence-electron chi connectivity index (χ2n) is 5.62. The lowest BCUT2D eigenvalue weighted by atomic mass is 10.2. The average molecular weight is 322 g/mol. The number of rotatable bonds is 6. The highest BCUT2D eigenvalue weighted by atomic mass is 19.1. The van der Waals surface area contributed by atoms with Crippen molar-refractivity contribution in [2.24, 2.45) is 0 Å². The summed E-state index contributed by atoms with van der Waals surface area (Å²) in [5.74, 6) is 0.445. The van der Waals surface area contributed by atoms with Gasteiger partial charge in [-0.2, -0.15) is 0 Å². The van der Waals surface area contributed by atoms with Gasteiger partial charge < -0.3 is 4.90 Å². The van der Waals surface area contributed by atoms with E-state index >= 15 is 0 Å². The number of halogens is 1. The smallest absolute Gasteiger partial charge is 0.225 e. The average Bonchev–Trinajstić information content (AvgIpc) is 2.61. The SMILES string of the molecule is Cc1ccnc(N(CCc2ccccn2)Cc2ccc(F)cc2)n1. The largest absolute Gasteiger partial charge is 0.336 e. The molecule has 0 unspecified atom stereocenters. The fourth-order valence-electron chi connectivity index (χ4n) is 2.44. The zero-order valence-corrected chi connectivity index (χ0v) is 13.6. The summed E-state index contributed by atoms with van der Waals surface area (Å²) in [6.07, 6.45) is 4.35. The molecule has 0 saturated heterocycles. The van der Waals surface area contributed by atoms with Crippen LogP contribution in [0.2, 0.25) is 0 Å². The van der Waals surface area contributed by atoms with Gasteiger partial charge in [0.2, 0.25) is 5.95 Å². The molecule has 0 atom stereocenters. The predicted octanol–water partition coefficient (Wildman–Crippen LogP) is 3.57. The maximum absolute atomic E-state index is 13.1. The fraction of sp³-hybridized carbons (Fsp3) is 0.211. The maximum atomic E-state index is 13.1. The van der Waals surface area contributed by atoms with Crippen molar-refractivity contribution in [1.29, 1.82) is 0 Å². The van der Waals surface area contributed by atoms with Gasteiger partial charge in [-0.25, -0.2) is 14.4 Å². The molecule has 24 heavy (non-hydrogen) atoms. The van der Waals surface area contributed by atoms with E-state index < -0.39 is 0 Å². The van der Waals surface area contributed by atoms with Crippen molar-refractivity contribution in [3.05, 3.63) is 83.7 Å². The molecule has 2 aromatic heterocycles. The zero-order chi connectivity index (χ0) is 16.8. The van der Waals surface area contributed by atoms with Crippen LogP contribution in [-0.4, -0.2) is 21.5 Å². The van der Waals surface area contributed by atoms with Gasteiger partial charge in [0.15, 0.2) is 0 Å². The molecule has 122 valence electrons. The molecule has 4 nitrogen and oxygen atoms in total. The summed E-state index contributed by atoms with van der Waals surface area (Å²) >= 11 is 0. The summed E-state index contributed by atoms with van der Waals surface area (Å²) in [6, 6.07) is 14.3. The Kier molecular flexibility index (Phi) is 5.11. The molecule has 2 heterocycles. The first kappa shape index (κ1) is 16.1. The summed E-state index contributed by atoms with van der Waals surface area (Å²) < 4.78 is 13.1. The highest BCUT2D eigenvalue weighted by molar-refractivity contribution is 5.33. The topological polar surface area (TPSA) is 41.9 Å². The second-order valence-corrected chi connectivity index (χ2v) is 5.62. The minimum absolute atomic E-state index is 0.231. The van der Waals surface area contributed by atoms with Crippen molar-refractivity contribution in [2.45, 2.75) is 19.9 Å². The Morgan fingerprint density at radius 3 is 2.50 bits per heavy atom. The predicted molar refractivity (Wildman–Crippen MR) is 92.2 cm³/mol. The third kappa shape index (κ3) is 4.35. The van der Waals surface area contributed by atoms with Crippen LogP contribution in [0.15, 0.2) is 60.9 Å². The Morgan fingerprint density at radius 1 is 0.958 bits per heavy atom. The quantitative estimate of drug-likeness (QED) is 0.696. The highest BCUT2D eigenvalue weighted by Gasteiger charge is 2.11. The first-order valence-electron chi connectivity index (χ1n) is 7.90. The van der Waals surface area contributed by atoms with Crippen molar-refractivity contribution in [3.8, 4) is 0 Å². The van der Waals surface area contributed by atoms with Crippen LogP contribution in [-0.2, 0) is 13.0 Å².